The maximum Gasteiger partial charge on any atom is 0.326 e. The summed E-state index contributed by atoms with van der Waals surface area (Å²) >= 11 is 0.931. The number of carboxylic acid groups (broad SMARTS) is 1. The number of nitrogens with zero attached hydrogens (tertiary/aromatic N) is 3. The van der Waals surface area contributed by atoms with Gasteiger partial charge >= 0.3 is 11.0 Å². The summed E-state index contributed by atoms with van der Waals surface area (Å²) < 4.78 is 0. The quantitative estimate of drug-likeness (QED) is 0.621. The second-order valence-electron chi connectivity index (χ2n) is 4.95. The van der Waals surface area contributed by atoms with E-state index in [1.54, 1.807) is 0 Å². The Morgan fingerprint density at radius 3 is 2.81 bits per heavy atom. The summed E-state index contributed by atoms with van der Waals surface area (Å²) in [4.78, 5) is 30.0. The molecule has 0 amide bonds. The molecule has 0 saturated heterocycles. The molecule has 0 radical (unpaired) electrons. The van der Waals surface area contributed by atoms with E-state index in [1.165, 1.54) is 12.4 Å². The smallest absolute Gasteiger partial charge is 0.326 e. The first-order chi connectivity index (χ1) is 9.88. The largest absolute Gasteiger partial charge is 0.480 e. The number of fused-ring (bicyclic) bond motifs is 1. The number of thiophene rings is 1. The predicted molar refractivity (Wildman–Crippen MR) is 78.6 cm³/mol. The number of anilines is 1. The first kappa shape index (κ1) is 15.1. The van der Waals surface area contributed by atoms with Gasteiger partial charge in [0.25, 0.3) is 0 Å². The summed E-state index contributed by atoms with van der Waals surface area (Å²) in [6.45, 7) is 3.84. The van der Waals surface area contributed by atoms with Crippen molar-refractivity contribution < 1.29 is 14.8 Å². The topological polar surface area (TPSA) is 118 Å². The second-order valence-corrected chi connectivity index (χ2v) is 5.96. The summed E-state index contributed by atoms with van der Waals surface area (Å²) in [6, 6.07) is 0.554. The first-order valence-electron chi connectivity index (χ1n) is 6.26. The van der Waals surface area contributed by atoms with Crippen LogP contribution in [0.4, 0.5) is 10.8 Å². The van der Waals surface area contributed by atoms with E-state index in [4.69, 9.17) is 0 Å². The maximum absolute atomic E-state index is 11.3. The molecule has 0 unspecified atom stereocenters. The molecule has 112 valence electrons. The van der Waals surface area contributed by atoms with E-state index in [1.807, 2.05) is 13.8 Å². The zero-order chi connectivity index (χ0) is 15.6. The highest BCUT2D eigenvalue weighted by atomic mass is 32.1. The minimum absolute atomic E-state index is 0.0516. The van der Waals surface area contributed by atoms with Crippen LogP contribution in [0.3, 0.4) is 0 Å². The number of carbonyl (C=O) groups is 1. The SMILES string of the molecule is CC(C)C[C@H](Nc1ncnc2sc([N+](=O)[O-])cc12)C(=O)O. The molecule has 0 aliphatic carbocycles. The van der Waals surface area contributed by atoms with Gasteiger partial charge in [0.1, 0.15) is 23.0 Å². The highest BCUT2D eigenvalue weighted by molar-refractivity contribution is 7.21. The van der Waals surface area contributed by atoms with E-state index in [2.05, 4.69) is 15.3 Å². The van der Waals surface area contributed by atoms with Gasteiger partial charge in [0.2, 0.25) is 0 Å². The Hall–Kier alpha value is -2.29. The van der Waals surface area contributed by atoms with Gasteiger partial charge in [-0.3, -0.25) is 10.1 Å². The number of nitro groups is 1. The average molecular weight is 310 g/mol. The molecule has 0 aliphatic heterocycles. The number of hydrogen-bond acceptors (Lipinski definition) is 7. The van der Waals surface area contributed by atoms with Crippen molar-refractivity contribution in [2.45, 2.75) is 26.3 Å². The molecule has 1 atom stereocenters. The van der Waals surface area contributed by atoms with Crippen molar-refractivity contribution in [3.63, 3.8) is 0 Å². The van der Waals surface area contributed by atoms with E-state index in [0.29, 0.717) is 22.5 Å². The average Bonchev–Trinajstić information content (AvgIpc) is 2.82. The van der Waals surface area contributed by atoms with Crippen LogP contribution in [-0.4, -0.2) is 32.0 Å². The van der Waals surface area contributed by atoms with Gasteiger partial charge in [-0.2, -0.15) is 0 Å². The third-order valence-corrected chi connectivity index (χ3v) is 3.81. The molecule has 2 aromatic rings. The molecule has 2 rings (SSSR count). The molecule has 0 fully saturated rings. The van der Waals surface area contributed by atoms with Gasteiger partial charge < -0.3 is 10.4 Å². The highest BCUT2D eigenvalue weighted by Gasteiger charge is 2.22. The Morgan fingerprint density at radius 2 is 2.24 bits per heavy atom. The molecule has 8 nitrogen and oxygen atoms in total. The summed E-state index contributed by atoms with van der Waals surface area (Å²) in [6.07, 6.45) is 1.69. The number of carboxylic acids is 1. The van der Waals surface area contributed by atoms with Gasteiger partial charge in [-0.05, 0) is 23.7 Å². The number of rotatable bonds is 6. The standard InChI is InChI=1S/C12H14N4O4S/c1-6(2)3-8(12(17)18)15-10-7-4-9(16(19)20)21-11(7)14-5-13-10/h4-6,8H,3H2,1-2H3,(H,17,18)(H,13,14,15)/t8-/m0/s1. The van der Waals surface area contributed by atoms with Gasteiger partial charge in [-0.25, -0.2) is 14.8 Å². The van der Waals surface area contributed by atoms with Gasteiger partial charge in [-0.1, -0.05) is 13.8 Å². The lowest BCUT2D eigenvalue weighted by atomic mass is 10.0. The first-order valence-corrected chi connectivity index (χ1v) is 7.08. The van der Waals surface area contributed by atoms with E-state index in [9.17, 15) is 20.0 Å². The number of aliphatic carboxylic acids is 1. The lowest BCUT2D eigenvalue weighted by Crippen LogP contribution is -2.31. The highest BCUT2D eigenvalue weighted by Crippen LogP contribution is 2.33. The van der Waals surface area contributed by atoms with E-state index in [-0.39, 0.29) is 10.9 Å². The number of hydrogen-bond donors (Lipinski definition) is 2. The molecular formula is C12H14N4O4S. The number of aromatic nitrogens is 2. The van der Waals surface area contributed by atoms with Crippen molar-refractivity contribution in [2.24, 2.45) is 5.92 Å². The molecule has 2 N–H and O–H groups in total. The molecule has 0 spiro atoms. The Labute approximate surface area is 124 Å². The van der Waals surface area contributed by atoms with Crippen LogP contribution in [0.15, 0.2) is 12.4 Å². The maximum atomic E-state index is 11.3. The van der Waals surface area contributed by atoms with Crippen molar-refractivity contribution in [2.75, 3.05) is 5.32 Å². The van der Waals surface area contributed by atoms with Gasteiger partial charge in [-0.15, -0.1) is 0 Å². The van der Waals surface area contributed by atoms with E-state index in [0.717, 1.165) is 11.3 Å². The van der Waals surface area contributed by atoms with Crippen LogP contribution in [0.2, 0.25) is 0 Å². The van der Waals surface area contributed by atoms with Crippen LogP contribution in [-0.2, 0) is 4.79 Å². The molecule has 0 aromatic carbocycles. The van der Waals surface area contributed by atoms with Crippen molar-refractivity contribution in [1.29, 1.82) is 0 Å². The van der Waals surface area contributed by atoms with Gasteiger partial charge in [0, 0.05) is 6.07 Å². The normalized spacial score (nSPS) is 12.5. The summed E-state index contributed by atoms with van der Waals surface area (Å²) in [5.74, 6) is -0.495. The van der Waals surface area contributed by atoms with Gasteiger partial charge in [0.05, 0.1) is 10.3 Å². The van der Waals surface area contributed by atoms with Crippen LogP contribution in [0.5, 0.6) is 0 Å². The van der Waals surface area contributed by atoms with Crippen molar-refractivity contribution in [3.05, 3.63) is 22.5 Å². The summed E-state index contributed by atoms with van der Waals surface area (Å²) in [5.41, 5.74) is 0. The van der Waals surface area contributed by atoms with Crippen molar-refractivity contribution in [3.8, 4) is 0 Å². The van der Waals surface area contributed by atoms with Crippen LogP contribution in [0.1, 0.15) is 20.3 Å². The molecular weight excluding hydrogens is 296 g/mol. The predicted octanol–water partition coefficient (Wildman–Crippen LogP) is 2.51. The fourth-order valence-corrected chi connectivity index (χ4v) is 2.72. The fourth-order valence-electron chi connectivity index (χ4n) is 1.91. The molecule has 0 bridgehead atoms. The van der Waals surface area contributed by atoms with Gasteiger partial charge in [0.15, 0.2) is 0 Å². The fraction of sp³-hybridized carbons (Fsp3) is 0.417. The van der Waals surface area contributed by atoms with Crippen LogP contribution in [0.25, 0.3) is 10.2 Å². The molecule has 2 heterocycles. The molecule has 2 aromatic heterocycles. The summed E-state index contributed by atoms with van der Waals surface area (Å²) in [5, 5.41) is 23.3. The molecule has 21 heavy (non-hydrogen) atoms. The Morgan fingerprint density at radius 1 is 1.52 bits per heavy atom. The minimum atomic E-state index is -0.986. The van der Waals surface area contributed by atoms with E-state index < -0.39 is 16.9 Å². The number of nitrogens with one attached hydrogen (secondary N) is 1. The minimum Gasteiger partial charge on any atom is -0.480 e. The molecule has 9 heteroatoms. The summed E-state index contributed by atoms with van der Waals surface area (Å²) in [7, 11) is 0. The van der Waals surface area contributed by atoms with Crippen LogP contribution < -0.4 is 5.32 Å². The van der Waals surface area contributed by atoms with Crippen molar-refractivity contribution >= 4 is 38.3 Å². The van der Waals surface area contributed by atoms with Crippen LogP contribution >= 0.6 is 11.3 Å². The zero-order valence-corrected chi connectivity index (χ0v) is 12.3. The monoisotopic (exact) mass is 310 g/mol. The second kappa shape index (κ2) is 6.00. The third-order valence-electron chi connectivity index (χ3n) is 2.81. The Balaban J connectivity index is 2.36. The van der Waals surface area contributed by atoms with Crippen molar-refractivity contribution in [1.82, 2.24) is 9.97 Å². The lowest BCUT2D eigenvalue weighted by Gasteiger charge is -2.17. The lowest BCUT2D eigenvalue weighted by molar-refractivity contribution is -0.380. The molecule has 0 aliphatic rings. The van der Waals surface area contributed by atoms with Crippen LogP contribution in [0, 0.1) is 16.0 Å². The third kappa shape index (κ3) is 3.43. The zero-order valence-electron chi connectivity index (χ0n) is 11.4. The Kier molecular flexibility index (Phi) is 4.32. The van der Waals surface area contributed by atoms with E-state index >= 15 is 0 Å². The molecule has 0 saturated carbocycles. The Bertz CT molecular complexity index is 685.